The standard InChI is InChI=1S/C22H26ClN3O/c23-19-7-2-4-9-21(19)25-16-14-24(15-17-25)12-5-13-26-20-8-3-1-6-18(20)10-11-22(26)27/h1-4,6-9H,5,10-17H2. The number of halogens is 1. The molecule has 0 aliphatic carbocycles. The highest BCUT2D eigenvalue weighted by Crippen LogP contribution is 2.28. The molecule has 2 aromatic rings. The van der Waals surface area contributed by atoms with Gasteiger partial charge in [-0.2, -0.15) is 0 Å². The number of fused-ring (bicyclic) bond motifs is 1. The van der Waals surface area contributed by atoms with Crippen LogP contribution in [0.4, 0.5) is 11.4 Å². The summed E-state index contributed by atoms with van der Waals surface area (Å²) in [5.41, 5.74) is 3.54. The molecule has 0 bridgehead atoms. The Kier molecular flexibility index (Phi) is 5.65. The Hall–Kier alpha value is -2.04. The molecule has 0 aromatic heterocycles. The lowest BCUT2D eigenvalue weighted by atomic mass is 10.0. The average molecular weight is 384 g/mol. The number of aryl methyl sites for hydroxylation is 1. The summed E-state index contributed by atoms with van der Waals surface area (Å²) in [5.74, 6) is 0.261. The van der Waals surface area contributed by atoms with E-state index in [9.17, 15) is 4.79 Å². The Balaban J connectivity index is 1.28. The Morgan fingerprint density at radius 3 is 2.30 bits per heavy atom. The van der Waals surface area contributed by atoms with Crippen LogP contribution in [0.5, 0.6) is 0 Å². The van der Waals surface area contributed by atoms with Crippen LogP contribution in [0.1, 0.15) is 18.4 Å². The zero-order valence-electron chi connectivity index (χ0n) is 15.6. The Labute approximate surface area is 166 Å². The molecule has 0 N–H and O–H groups in total. The van der Waals surface area contributed by atoms with E-state index in [0.717, 1.165) is 68.5 Å². The van der Waals surface area contributed by atoms with E-state index in [4.69, 9.17) is 11.6 Å². The van der Waals surface area contributed by atoms with Crippen molar-refractivity contribution in [2.45, 2.75) is 19.3 Å². The van der Waals surface area contributed by atoms with Crippen molar-refractivity contribution in [3.63, 3.8) is 0 Å². The third-order valence-electron chi connectivity index (χ3n) is 5.61. The molecular weight excluding hydrogens is 358 g/mol. The van der Waals surface area contributed by atoms with Gasteiger partial charge in [0.1, 0.15) is 0 Å². The molecule has 4 nitrogen and oxygen atoms in total. The highest BCUT2D eigenvalue weighted by atomic mass is 35.5. The Bertz CT molecular complexity index is 802. The van der Waals surface area contributed by atoms with Crippen molar-refractivity contribution in [2.24, 2.45) is 0 Å². The van der Waals surface area contributed by atoms with Gasteiger partial charge in [0.05, 0.1) is 10.7 Å². The van der Waals surface area contributed by atoms with E-state index in [1.165, 1.54) is 5.56 Å². The molecule has 0 unspecified atom stereocenters. The second kappa shape index (κ2) is 8.32. The van der Waals surface area contributed by atoms with E-state index in [-0.39, 0.29) is 5.91 Å². The number of benzene rings is 2. The van der Waals surface area contributed by atoms with Crippen molar-refractivity contribution >= 4 is 28.9 Å². The smallest absolute Gasteiger partial charge is 0.227 e. The van der Waals surface area contributed by atoms with Crippen LogP contribution in [0, 0.1) is 0 Å². The van der Waals surface area contributed by atoms with Gasteiger partial charge in [0.25, 0.3) is 0 Å². The summed E-state index contributed by atoms with van der Waals surface area (Å²) in [6, 6.07) is 16.4. The van der Waals surface area contributed by atoms with Crippen molar-refractivity contribution in [3.8, 4) is 0 Å². The van der Waals surface area contributed by atoms with Gasteiger partial charge in [-0.1, -0.05) is 41.9 Å². The summed E-state index contributed by atoms with van der Waals surface area (Å²) in [4.78, 5) is 19.2. The number of hydrogen-bond donors (Lipinski definition) is 0. The van der Waals surface area contributed by atoms with E-state index in [1.54, 1.807) is 0 Å². The first-order valence-electron chi connectivity index (χ1n) is 9.82. The van der Waals surface area contributed by atoms with Crippen LogP contribution in [0.3, 0.4) is 0 Å². The first-order valence-corrected chi connectivity index (χ1v) is 10.2. The van der Waals surface area contributed by atoms with Crippen LogP contribution in [-0.2, 0) is 11.2 Å². The minimum atomic E-state index is 0.261. The van der Waals surface area contributed by atoms with Gasteiger partial charge in [-0.05, 0) is 43.1 Å². The molecular formula is C22H26ClN3O. The van der Waals surface area contributed by atoms with Crippen LogP contribution < -0.4 is 9.80 Å². The summed E-state index contributed by atoms with van der Waals surface area (Å²) in [5, 5.41) is 0.827. The molecule has 1 saturated heterocycles. The van der Waals surface area contributed by atoms with Gasteiger partial charge in [-0.15, -0.1) is 0 Å². The van der Waals surface area contributed by atoms with Crippen LogP contribution in [-0.4, -0.2) is 50.1 Å². The fourth-order valence-electron chi connectivity index (χ4n) is 4.11. The summed E-state index contributed by atoms with van der Waals surface area (Å²) < 4.78 is 0. The minimum Gasteiger partial charge on any atom is -0.368 e. The predicted octanol–water partition coefficient (Wildman–Crippen LogP) is 3.83. The van der Waals surface area contributed by atoms with Crippen molar-refractivity contribution < 1.29 is 4.79 Å². The molecule has 2 aromatic carbocycles. The van der Waals surface area contributed by atoms with Crippen LogP contribution in [0.15, 0.2) is 48.5 Å². The van der Waals surface area contributed by atoms with E-state index in [2.05, 4.69) is 34.1 Å². The molecule has 0 saturated carbocycles. The number of anilines is 2. The summed E-state index contributed by atoms with van der Waals surface area (Å²) in [6.45, 7) is 5.90. The van der Waals surface area contributed by atoms with Crippen LogP contribution in [0.25, 0.3) is 0 Å². The summed E-state index contributed by atoms with van der Waals surface area (Å²) in [6.07, 6.45) is 2.51. The normalized spacial score (nSPS) is 17.9. The maximum Gasteiger partial charge on any atom is 0.227 e. The lowest BCUT2D eigenvalue weighted by Crippen LogP contribution is -2.47. The van der Waals surface area contributed by atoms with E-state index in [1.807, 2.05) is 29.2 Å². The second-order valence-electron chi connectivity index (χ2n) is 7.31. The quantitative estimate of drug-likeness (QED) is 0.785. The molecule has 4 rings (SSSR count). The molecule has 1 fully saturated rings. The molecule has 142 valence electrons. The van der Waals surface area contributed by atoms with Crippen molar-refractivity contribution in [2.75, 3.05) is 49.1 Å². The van der Waals surface area contributed by atoms with Gasteiger partial charge in [-0.25, -0.2) is 0 Å². The largest absolute Gasteiger partial charge is 0.368 e. The Morgan fingerprint density at radius 2 is 1.52 bits per heavy atom. The first-order chi connectivity index (χ1) is 13.2. The summed E-state index contributed by atoms with van der Waals surface area (Å²) in [7, 11) is 0. The Morgan fingerprint density at radius 1 is 0.815 bits per heavy atom. The zero-order valence-corrected chi connectivity index (χ0v) is 16.4. The highest BCUT2D eigenvalue weighted by molar-refractivity contribution is 6.33. The molecule has 2 aliphatic heterocycles. The molecule has 2 heterocycles. The van der Waals surface area contributed by atoms with E-state index in [0.29, 0.717) is 6.42 Å². The number of hydrogen-bond acceptors (Lipinski definition) is 3. The number of carbonyl (C=O) groups is 1. The van der Waals surface area contributed by atoms with Crippen LogP contribution in [0.2, 0.25) is 5.02 Å². The fourth-order valence-corrected chi connectivity index (χ4v) is 4.37. The van der Waals surface area contributed by atoms with Crippen molar-refractivity contribution in [1.82, 2.24) is 4.90 Å². The molecule has 0 radical (unpaired) electrons. The van der Waals surface area contributed by atoms with Gasteiger partial charge in [0.15, 0.2) is 0 Å². The van der Waals surface area contributed by atoms with E-state index < -0.39 is 0 Å². The van der Waals surface area contributed by atoms with Gasteiger partial charge in [-0.3, -0.25) is 9.69 Å². The fraction of sp³-hybridized carbons (Fsp3) is 0.409. The number of carbonyl (C=O) groups excluding carboxylic acids is 1. The van der Waals surface area contributed by atoms with Gasteiger partial charge in [0, 0.05) is 44.8 Å². The first kappa shape index (κ1) is 18.3. The molecule has 5 heteroatoms. The third kappa shape index (κ3) is 4.12. The predicted molar refractivity (Wildman–Crippen MR) is 112 cm³/mol. The van der Waals surface area contributed by atoms with Crippen molar-refractivity contribution in [3.05, 3.63) is 59.1 Å². The lowest BCUT2D eigenvalue weighted by Gasteiger charge is -2.37. The van der Waals surface area contributed by atoms with Crippen molar-refractivity contribution in [1.29, 1.82) is 0 Å². The van der Waals surface area contributed by atoms with E-state index >= 15 is 0 Å². The van der Waals surface area contributed by atoms with Gasteiger partial charge < -0.3 is 9.80 Å². The molecule has 0 atom stereocenters. The molecule has 1 amide bonds. The number of nitrogens with zero attached hydrogens (tertiary/aromatic N) is 3. The van der Waals surface area contributed by atoms with Gasteiger partial charge in [0.2, 0.25) is 5.91 Å². The minimum absolute atomic E-state index is 0.261. The molecule has 27 heavy (non-hydrogen) atoms. The number of para-hydroxylation sites is 2. The lowest BCUT2D eigenvalue weighted by molar-refractivity contribution is -0.118. The van der Waals surface area contributed by atoms with Crippen LogP contribution >= 0.6 is 11.6 Å². The SMILES string of the molecule is O=C1CCc2ccccc2N1CCCN1CCN(c2ccccc2Cl)CC1. The second-order valence-corrected chi connectivity index (χ2v) is 7.71. The monoisotopic (exact) mass is 383 g/mol. The molecule has 2 aliphatic rings. The third-order valence-corrected chi connectivity index (χ3v) is 5.93. The zero-order chi connectivity index (χ0) is 18.6. The number of piperazine rings is 1. The maximum atomic E-state index is 12.4. The highest BCUT2D eigenvalue weighted by Gasteiger charge is 2.24. The molecule has 0 spiro atoms. The number of rotatable bonds is 5. The summed E-state index contributed by atoms with van der Waals surface area (Å²) >= 11 is 6.33. The number of amides is 1. The average Bonchev–Trinajstić information content (AvgIpc) is 2.71. The topological polar surface area (TPSA) is 26.8 Å². The van der Waals surface area contributed by atoms with Gasteiger partial charge >= 0.3 is 0 Å². The maximum absolute atomic E-state index is 12.4.